The second-order valence-electron chi connectivity index (χ2n) is 5.27. The van der Waals surface area contributed by atoms with E-state index in [-0.39, 0.29) is 22.9 Å². The second-order valence-corrected chi connectivity index (χ2v) is 5.27. The zero-order valence-corrected chi connectivity index (χ0v) is 10.9. The SMILES string of the molecule is CC1CCCC(NC(=O)c2c[nH]ccc2=O)C1C. The van der Waals surface area contributed by atoms with Crippen molar-refractivity contribution in [2.45, 2.75) is 39.2 Å². The van der Waals surface area contributed by atoms with Crippen LogP contribution in [-0.4, -0.2) is 16.9 Å². The van der Waals surface area contributed by atoms with Gasteiger partial charge >= 0.3 is 0 Å². The van der Waals surface area contributed by atoms with Crippen LogP contribution in [0.2, 0.25) is 0 Å². The van der Waals surface area contributed by atoms with Gasteiger partial charge in [-0.25, -0.2) is 0 Å². The van der Waals surface area contributed by atoms with Gasteiger partial charge in [-0.3, -0.25) is 9.59 Å². The summed E-state index contributed by atoms with van der Waals surface area (Å²) in [5, 5.41) is 3.00. The number of carbonyl (C=O) groups excluding carboxylic acids is 1. The summed E-state index contributed by atoms with van der Waals surface area (Å²) in [5.41, 5.74) is -0.0364. The standard InChI is InChI=1S/C14H20N2O2/c1-9-4-3-5-12(10(9)2)16-14(18)11-8-15-7-6-13(11)17/h6-10,12H,3-5H2,1-2H3,(H,15,17)(H,16,18). The van der Waals surface area contributed by atoms with Crippen molar-refractivity contribution in [1.29, 1.82) is 0 Å². The average Bonchev–Trinajstić information content (AvgIpc) is 2.35. The van der Waals surface area contributed by atoms with Gasteiger partial charge in [-0.15, -0.1) is 0 Å². The van der Waals surface area contributed by atoms with E-state index in [0.29, 0.717) is 11.8 Å². The molecule has 1 aliphatic carbocycles. The minimum absolute atomic E-state index is 0.181. The Labute approximate surface area is 107 Å². The average molecular weight is 248 g/mol. The molecule has 0 radical (unpaired) electrons. The van der Waals surface area contributed by atoms with Crippen LogP contribution < -0.4 is 10.7 Å². The number of amides is 1. The van der Waals surface area contributed by atoms with Crippen molar-refractivity contribution < 1.29 is 4.79 Å². The molecule has 1 aromatic heterocycles. The first-order valence-corrected chi connectivity index (χ1v) is 6.57. The van der Waals surface area contributed by atoms with E-state index in [1.54, 1.807) is 0 Å². The largest absolute Gasteiger partial charge is 0.367 e. The van der Waals surface area contributed by atoms with Gasteiger partial charge < -0.3 is 10.3 Å². The van der Waals surface area contributed by atoms with Crippen molar-refractivity contribution in [3.63, 3.8) is 0 Å². The Morgan fingerprint density at radius 2 is 2.17 bits per heavy atom. The van der Waals surface area contributed by atoms with Gasteiger partial charge in [-0.1, -0.05) is 26.7 Å². The van der Waals surface area contributed by atoms with Crippen LogP contribution in [0.1, 0.15) is 43.5 Å². The van der Waals surface area contributed by atoms with Crippen molar-refractivity contribution in [1.82, 2.24) is 10.3 Å². The zero-order valence-electron chi connectivity index (χ0n) is 10.9. The third-order valence-corrected chi connectivity index (χ3v) is 4.09. The minimum Gasteiger partial charge on any atom is -0.367 e. The van der Waals surface area contributed by atoms with E-state index in [0.717, 1.165) is 12.8 Å². The quantitative estimate of drug-likeness (QED) is 0.840. The van der Waals surface area contributed by atoms with Crippen molar-refractivity contribution in [2.24, 2.45) is 11.8 Å². The van der Waals surface area contributed by atoms with Crippen LogP contribution >= 0.6 is 0 Å². The number of H-pyrrole nitrogens is 1. The Balaban J connectivity index is 2.08. The van der Waals surface area contributed by atoms with E-state index < -0.39 is 0 Å². The number of aromatic amines is 1. The van der Waals surface area contributed by atoms with E-state index in [1.165, 1.54) is 24.9 Å². The molecule has 0 aliphatic heterocycles. The predicted molar refractivity (Wildman–Crippen MR) is 70.5 cm³/mol. The molecule has 0 spiro atoms. The Kier molecular flexibility index (Phi) is 3.84. The minimum atomic E-state index is -0.261. The molecule has 1 fully saturated rings. The molecule has 3 atom stereocenters. The van der Waals surface area contributed by atoms with Gasteiger partial charge in [0.15, 0.2) is 5.43 Å². The van der Waals surface area contributed by atoms with Crippen molar-refractivity contribution in [3.8, 4) is 0 Å². The molecule has 1 aromatic rings. The van der Waals surface area contributed by atoms with E-state index in [4.69, 9.17) is 0 Å². The molecule has 98 valence electrons. The first kappa shape index (κ1) is 12.9. The summed E-state index contributed by atoms with van der Waals surface area (Å²) >= 11 is 0. The fourth-order valence-electron chi connectivity index (χ4n) is 2.63. The van der Waals surface area contributed by atoms with Crippen LogP contribution in [0.15, 0.2) is 23.3 Å². The maximum absolute atomic E-state index is 12.1. The Bertz CT molecular complexity index is 481. The number of pyridine rings is 1. The molecule has 4 nitrogen and oxygen atoms in total. The van der Waals surface area contributed by atoms with Gasteiger partial charge in [0.25, 0.3) is 5.91 Å². The highest BCUT2D eigenvalue weighted by Crippen LogP contribution is 2.29. The molecule has 0 bridgehead atoms. The topological polar surface area (TPSA) is 62.0 Å². The number of aromatic nitrogens is 1. The lowest BCUT2D eigenvalue weighted by Crippen LogP contribution is -2.44. The molecular weight excluding hydrogens is 228 g/mol. The molecule has 0 saturated heterocycles. The summed E-state index contributed by atoms with van der Waals surface area (Å²) in [4.78, 5) is 26.4. The Hall–Kier alpha value is -1.58. The third-order valence-electron chi connectivity index (χ3n) is 4.09. The molecule has 1 amide bonds. The molecule has 18 heavy (non-hydrogen) atoms. The molecule has 2 rings (SSSR count). The summed E-state index contributed by atoms with van der Waals surface area (Å²) in [6.07, 6.45) is 6.36. The summed E-state index contributed by atoms with van der Waals surface area (Å²) in [5.74, 6) is 0.825. The Morgan fingerprint density at radius 3 is 2.89 bits per heavy atom. The zero-order chi connectivity index (χ0) is 13.1. The fraction of sp³-hybridized carbons (Fsp3) is 0.571. The number of rotatable bonds is 2. The van der Waals surface area contributed by atoms with E-state index in [1.807, 2.05) is 0 Å². The predicted octanol–water partition coefficient (Wildman–Crippen LogP) is 1.93. The third kappa shape index (κ3) is 2.63. The van der Waals surface area contributed by atoms with Gasteiger partial charge in [0, 0.05) is 24.5 Å². The van der Waals surface area contributed by atoms with E-state index in [9.17, 15) is 9.59 Å². The molecule has 3 unspecified atom stereocenters. The highest BCUT2D eigenvalue weighted by Gasteiger charge is 2.28. The van der Waals surface area contributed by atoms with Crippen LogP contribution in [0.3, 0.4) is 0 Å². The van der Waals surface area contributed by atoms with Crippen LogP contribution in [0.5, 0.6) is 0 Å². The lowest BCUT2D eigenvalue weighted by Gasteiger charge is -2.34. The molecule has 1 heterocycles. The first-order chi connectivity index (χ1) is 8.59. The maximum atomic E-state index is 12.1. The molecular formula is C14H20N2O2. The van der Waals surface area contributed by atoms with Crippen LogP contribution in [0.25, 0.3) is 0 Å². The lowest BCUT2D eigenvalue weighted by molar-refractivity contribution is 0.0889. The number of hydrogen-bond donors (Lipinski definition) is 2. The number of hydrogen-bond acceptors (Lipinski definition) is 2. The van der Waals surface area contributed by atoms with Crippen LogP contribution in [0.4, 0.5) is 0 Å². The smallest absolute Gasteiger partial charge is 0.256 e. The lowest BCUT2D eigenvalue weighted by atomic mass is 9.78. The van der Waals surface area contributed by atoms with E-state index in [2.05, 4.69) is 24.1 Å². The first-order valence-electron chi connectivity index (χ1n) is 6.57. The van der Waals surface area contributed by atoms with Crippen molar-refractivity contribution in [3.05, 3.63) is 34.2 Å². The van der Waals surface area contributed by atoms with Gasteiger partial charge in [-0.05, 0) is 18.3 Å². The second kappa shape index (κ2) is 5.38. The number of nitrogens with one attached hydrogen (secondary N) is 2. The highest BCUT2D eigenvalue weighted by atomic mass is 16.2. The molecule has 4 heteroatoms. The van der Waals surface area contributed by atoms with Gasteiger partial charge in [0.2, 0.25) is 0 Å². The van der Waals surface area contributed by atoms with Gasteiger partial charge in [-0.2, -0.15) is 0 Å². The highest BCUT2D eigenvalue weighted by molar-refractivity contribution is 5.93. The van der Waals surface area contributed by atoms with Gasteiger partial charge in [0.05, 0.1) is 0 Å². The normalized spacial score (nSPS) is 27.8. The molecule has 1 aliphatic rings. The molecule has 2 N–H and O–H groups in total. The summed E-state index contributed by atoms with van der Waals surface area (Å²) in [6.45, 7) is 4.39. The van der Waals surface area contributed by atoms with E-state index >= 15 is 0 Å². The van der Waals surface area contributed by atoms with Crippen molar-refractivity contribution in [2.75, 3.05) is 0 Å². The van der Waals surface area contributed by atoms with Crippen LogP contribution in [-0.2, 0) is 0 Å². The summed E-state index contributed by atoms with van der Waals surface area (Å²) in [7, 11) is 0. The number of carbonyl (C=O) groups is 1. The Morgan fingerprint density at radius 1 is 1.39 bits per heavy atom. The van der Waals surface area contributed by atoms with Crippen molar-refractivity contribution >= 4 is 5.91 Å². The summed E-state index contributed by atoms with van der Waals surface area (Å²) in [6, 6.07) is 1.56. The van der Waals surface area contributed by atoms with Gasteiger partial charge in [0.1, 0.15) is 5.56 Å². The molecule has 1 saturated carbocycles. The summed E-state index contributed by atoms with van der Waals surface area (Å²) < 4.78 is 0. The molecule has 0 aromatic carbocycles. The maximum Gasteiger partial charge on any atom is 0.256 e. The fourth-order valence-corrected chi connectivity index (χ4v) is 2.63. The van der Waals surface area contributed by atoms with Crippen LogP contribution in [0, 0.1) is 11.8 Å². The monoisotopic (exact) mass is 248 g/mol.